The zero-order chi connectivity index (χ0) is 12.2. The Bertz CT molecular complexity index is 670. The molecule has 0 atom stereocenters. The Morgan fingerprint density at radius 1 is 1.18 bits per heavy atom. The monoisotopic (exact) mass is 228 g/mol. The number of ketones is 2. The SMILES string of the molecule is Cn1ncc2c1C(=O)c1c(O)cccc1C2=O. The Morgan fingerprint density at radius 2 is 1.94 bits per heavy atom. The first-order chi connectivity index (χ1) is 8.11. The molecule has 1 aromatic heterocycles. The first kappa shape index (κ1) is 9.77. The number of carbonyl (C=O) groups is 2. The lowest BCUT2D eigenvalue weighted by Crippen LogP contribution is -2.22. The Hall–Kier alpha value is -2.43. The van der Waals surface area contributed by atoms with Gasteiger partial charge in [0.15, 0.2) is 5.78 Å². The van der Waals surface area contributed by atoms with Crippen LogP contribution in [0.1, 0.15) is 32.0 Å². The second kappa shape index (κ2) is 3.04. The van der Waals surface area contributed by atoms with E-state index in [1.807, 2.05) is 0 Å². The van der Waals surface area contributed by atoms with E-state index in [0.29, 0.717) is 0 Å². The number of hydrogen-bond donors (Lipinski definition) is 1. The molecular formula is C12H8N2O3. The number of fused-ring (bicyclic) bond motifs is 2. The van der Waals surface area contributed by atoms with E-state index >= 15 is 0 Å². The lowest BCUT2D eigenvalue weighted by atomic mass is 9.87. The van der Waals surface area contributed by atoms with E-state index in [0.717, 1.165) is 0 Å². The maximum Gasteiger partial charge on any atom is 0.216 e. The number of nitrogens with zero attached hydrogens (tertiary/aromatic N) is 2. The summed E-state index contributed by atoms with van der Waals surface area (Å²) >= 11 is 0. The minimum atomic E-state index is -0.368. The molecule has 0 bridgehead atoms. The molecule has 84 valence electrons. The van der Waals surface area contributed by atoms with Crippen LogP contribution in [0.4, 0.5) is 0 Å². The molecule has 2 aromatic rings. The lowest BCUT2D eigenvalue weighted by molar-refractivity contribution is 0.0971. The molecule has 1 N–H and O–H groups in total. The van der Waals surface area contributed by atoms with Crippen LogP contribution in [0, 0.1) is 0 Å². The van der Waals surface area contributed by atoms with E-state index in [1.165, 1.54) is 23.0 Å². The fourth-order valence-electron chi connectivity index (χ4n) is 2.10. The third-order valence-electron chi connectivity index (χ3n) is 2.91. The minimum absolute atomic E-state index is 0.0635. The third kappa shape index (κ3) is 1.10. The van der Waals surface area contributed by atoms with Gasteiger partial charge in [-0.25, -0.2) is 0 Å². The van der Waals surface area contributed by atoms with E-state index < -0.39 is 0 Å². The normalized spacial score (nSPS) is 13.5. The van der Waals surface area contributed by atoms with Gasteiger partial charge in [-0.05, 0) is 6.07 Å². The molecule has 5 heteroatoms. The highest BCUT2D eigenvalue weighted by atomic mass is 16.3. The summed E-state index contributed by atoms with van der Waals surface area (Å²) < 4.78 is 1.35. The largest absolute Gasteiger partial charge is 0.507 e. The Kier molecular flexibility index (Phi) is 1.75. The second-order valence-corrected chi connectivity index (χ2v) is 3.89. The van der Waals surface area contributed by atoms with E-state index in [-0.39, 0.29) is 39.7 Å². The molecule has 17 heavy (non-hydrogen) atoms. The van der Waals surface area contributed by atoms with E-state index in [9.17, 15) is 14.7 Å². The zero-order valence-electron chi connectivity index (χ0n) is 8.97. The van der Waals surface area contributed by atoms with Crippen LogP contribution in [0.3, 0.4) is 0 Å². The van der Waals surface area contributed by atoms with Gasteiger partial charge in [0.2, 0.25) is 5.78 Å². The standard InChI is InChI=1S/C12H8N2O3/c1-14-10-7(5-13-14)11(16)6-3-2-4-8(15)9(6)12(10)17/h2-5,15H,1H3. The van der Waals surface area contributed by atoms with Gasteiger partial charge in [-0.3, -0.25) is 14.3 Å². The van der Waals surface area contributed by atoms with Crippen molar-refractivity contribution in [2.45, 2.75) is 0 Å². The molecule has 0 unspecified atom stereocenters. The first-order valence-corrected chi connectivity index (χ1v) is 5.04. The van der Waals surface area contributed by atoms with Gasteiger partial charge < -0.3 is 5.11 Å². The average molecular weight is 228 g/mol. The van der Waals surface area contributed by atoms with E-state index in [2.05, 4.69) is 5.10 Å². The molecule has 1 aliphatic carbocycles. The van der Waals surface area contributed by atoms with Crippen LogP contribution >= 0.6 is 0 Å². The number of carbonyl (C=O) groups excluding carboxylic acids is 2. The summed E-state index contributed by atoms with van der Waals surface area (Å²) in [5.74, 6) is -0.820. The Balaban J connectivity index is 2.39. The second-order valence-electron chi connectivity index (χ2n) is 3.89. The van der Waals surface area contributed by atoms with Gasteiger partial charge in [0, 0.05) is 12.6 Å². The van der Waals surface area contributed by atoms with Crippen LogP contribution < -0.4 is 0 Å². The molecule has 0 saturated carbocycles. The van der Waals surface area contributed by atoms with Crippen molar-refractivity contribution >= 4 is 11.6 Å². The number of phenols is 1. The van der Waals surface area contributed by atoms with Crippen LogP contribution in [0.15, 0.2) is 24.4 Å². The molecule has 0 radical (unpaired) electrons. The first-order valence-electron chi connectivity index (χ1n) is 5.04. The maximum absolute atomic E-state index is 12.2. The molecule has 5 nitrogen and oxygen atoms in total. The smallest absolute Gasteiger partial charge is 0.216 e. The number of benzene rings is 1. The fourth-order valence-corrected chi connectivity index (χ4v) is 2.10. The van der Waals surface area contributed by atoms with Gasteiger partial charge in [0.25, 0.3) is 0 Å². The summed E-state index contributed by atoms with van der Waals surface area (Å²) in [4.78, 5) is 24.3. The van der Waals surface area contributed by atoms with Crippen molar-refractivity contribution in [2.24, 2.45) is 7.05 Å². The van der Waals surface area contributed by atoms with Gasteiger partial charge >= 0.3 is 0 Å². The lowest BCUT2D eigenvalue weighted by Gasteiger charge is -2.15. The average Bonchev–Trinajstić information content (AvgIpc) is 2.68. The number of rotatable bonds is 0. The molecular weight excluding hydrogens is 220 g/mol. The zero-order valence-corrected chi connectivity index (χ0v) is 8.97. The highest BCUT2D eigenvalue weighted by Crippen LogP contribution is 2.31. The molecule has 1 heterocycles. The van der Waals surface area contributed by atoms with Gasteiger partial charge in [0.05, 0.1) is 17.3 Å². The Labute approximate surface area is 96.3 Å². The Morgan fingerprint density at radius 3 is 2.71 bits per heavy atom. The van der Waals surface area contributed by atoms with Crippen molar-refractivity contribution in [1.82, 2.24) is 9.78 Å². The van der Waals surface area contributed by atoms with Crippen molar-refractivity contribution in [2.75, 3.05) is 0 Å². The number of hydrogen-bond acceptors (Lipinski definition) is 4. The van der Waals surface area contributed by atoms with E-state index in [4.69, 9.17) is 0 Å². The van der Waals surface area contributed by atoms with Crippen LogP contribution in [0.5, 0.6) is 5.75 Å². The van der Waals surface area contributed by atoms with Crippen LogP contribution in [-0.4, -0.2) is 26.5 Å². The molecule has 3 rings (SSSR count). The maximum atomic E-state index is 12.2. The highest BCUT2D eigenvalue weighted by molar-refractivity contribution is 6.28. The predicted molar refractivity (Wildman–Crippen MR) is 58.2 cm³/mol. The predicted octanol–water partition coefficient (Wildman–Crippen LogP) is 0.901. The molecule has 0 fully saturated rings. The van der Waals surface area contributed by atoms with Gasteiger partial charge in [0.1, 0.15) is 11.4 Å². The summed E-state index contributed by atoms with van der Waals surface area (Å²) in [5, 5.41) is 13.6. The molecule has 0 saturated heterocycles. The molecule has 0 aliphatic heterocycles. The van der Waals surface area contributed by atoms with Crippen molar-refractivity contribution in [3.8, 4) is 5.75 Å². The minimum Gasteiger partial charge on any atom is -0.507 e. The summed E-state index contributed by atoms with van der Waals surface area (Å²) in [6, 6.07) is 4.47. The molecule has 1 aliphatic rings. The molecule has 1 aromatic carbocycles. The van der Waals surface area contributed by atoms with Crippen LogP contribution in [0.2, 0.25) is 0 Å². The molecule has 0 spiro atoms. The van der Waals surface area contributed by atoms with Crippen molar-refractivity contribution in [1.29, 1.82) is 0 Å². The number of aromatic nitrogens is 2. The summed E-state index contributed by atoms with van der Waals surface area (Å²) in [5.41, 5.74) is 0.809. The summed E-state index contributed by atoms with van der Waals surface area (Å²) in [7, 11) is 1.59. The van der Waals surface area contributed by atoms with Gasteiger partial charge in [-0.2, -0.15) is 5.10 Å². The van der Waals surface area contributed by atoms with Gasteiger partial charge in [-0.15, -0.1) is 0 Å². The topological polar surface area (TPSA) is 72.2 Å². The number of phenolic OH excluding ortho intramolecular Hbond substituents is 1. The fraction of sp³-hybridized carbons (Fsp3) is 0.0833. The summed E-state index contributed by atoms with van der Waals surface area (Å²) in [6.45, 7) is 0. The third-order valence-corrected chi connectivity index (χ3v) is 2.91. The van der Waals surface area contributed by atoms with Crippen LogP contribution in [-0.2, 0) is 7.05 Å². The number of aryl methyl sites for hydroxylation is 1. The van der Waals surface area contributed by atoms with Crippen LogP contribution in [0.25, 0.3) is 0 Å². The summed E-state index contributed by atoms with van der Waals surface area (Å²) in [6.07, 6.45) is 1.38. The molecule has 0 amide bonds. The van der Waals surface area contributed by atoms with Crippen molar-refractivity contribution in [3.05, 3.63) is 46.8 Å². The van der Waals surface area contributed by atoms with Gasteiger partial charge in [-0.1, -0.05) is 12.1 Å². The van der Waals surface area contributed by atoms with Crippen molar-refractivity contribution in [3.63, 3.8) is 0 Å². The number of aromatic hydroxyl groups is 1. The van der Waals surface area contributed by atoms with E-state index in [1.54, 1.807) is 13.1 Å². The van der Waals surface area contributed by atoms with Crippen molar-refractivity contribution < 1.29 is 14.7 Å². The quantitative estimate of drug-likeness (QED) is 0.620. The highest BCUT2D eigenvalue weighted by Gasteiger charge is 2.34.